The molecule has 20 atom stereocenters. The van der Waals surface area contributed by atoms with Crippen LogP contribution in [-0.4, -0.2) is 107 Å². The molecule has 3 heterocycles. The number of ether oxygens (including phenoxy) is 7. The van der Waals surface area contributed by atoms with Crippen molar-refractivity contribution in [2.45, 2.75) is 122 Å². The summed E-state index contributed by atoms with van der Waals surface area (Å²) < 4.78 is 42.3. The highest BCUT2D eigenvalue weighted by Gasteiger charge is 2.93. The highest BCUT2D eigenvalue weighted by Crippen LogP contribution is 2.81. The molecule has 15 nitrogen and oxygen atoms in total. The fraction of sp³-hybridized carbons (Fsp3) is 0.829. The van der Waals surface area contributed by atoms with Gasteiger partial charge in [-0.15, -0.1) is 0 Å². The molecule has 3 saturated heterocycles. The van der Waals surface area contributed by atoms with Crippen LogP contribution in [0.3, 0.4) is 0 Å². The van der Waals surface area contributed by atoms with Gasteiger partial charge in [0.2, 0.25) is 5.79 Å². The van der Waals surface area contributed by atoms with E-state index in [1.807, 2.05) is 6.92 Å². The largest absolute Gasteiger partial charge is 0.464 e. The normalized spacial score (nSPS) is 57.5. The summed E-state index contributed by atoms with van der Waals surface area (Å²) in [6.45, 7) is 12.3. The summed E-state index contributed by atoms with van der Waals surface area (Å²) in [5, 5.41) is 24.3. The average molecular weight is 705 g/mol. The summed E-state index contributed by atoms with van der Waals surface area (Å²) in [6.07, 6.45) is -7.94. The van der Waals surface area contributed by atoms with E-state index < -0.39 is 148 Å². The molecule has 2 N–H and O–H groups in total. The molecule has 8 aliphatic rings. The minimum atomic E-state index is -2.15. The van der Waals surface area contributed by atoms with Gasteiger partial charge in [0.05, 0.1) is 11.5 Å². The smallest absolute Gasteiger partial charge is 0.341 e. The lowest BCUT2D eigenvalue weighted by Crippen LogP contribution is -2.74. The van der Waals surface area contributed by atoms with Gasteiger partial charge in [0.25, 0.3) is 6.47 Å². The van der Waals surface area contributed by atoms with Crippen molar-refractivity contribution in [1.82, 2.24) is 0 Å². The molecule has 8 fully saturated rings. The number of esters is 4. The molecular formula is C35H44O15. The molecule has 5 saturated carbocycles. The van der Waals surface area contributed by atoms with Crippen molar-refractivity contribution < 1.29 is 72.1 Å². The molecule has 0 aromatic rings. The van der Waals surface area contributed by atoms with Crippen LogP contribution >= 0.6 is 0 Å². The van der Waals surface area contributed by atoms with E-state index in [0.29, 0.717) is 0 Å². The Hall–Kier alpha value is -3.14. The van der Waals surface area contributed by atoms with Crippen LogP contribution in [0.15, 0.2) is 0 Å². The van der Waals surface area contributed by atoms with Crippen molar-refractivity contribution in [2.24, 2.45) is 57.7 Å². The second-order valence-corrected chi connectivity index (χ2v) is 16.7. The van der Waals surface area contributed by atoms with Crippen LogP contribution in [0, 0.1) is 57.7 Å². The summed E-state index contributed by atoms with van der Waals surface area (Å²) in [6, 6.07) is 0. The number of aliphatic hydroxyl groups excluding tert-OH is 1. The number of fused-ring (bicyclic) bond motifs is 9. The zero-order chi connectivity index (χ0) is 36.4. The summed E-state index contributed by atoms with van der Waals surface area (Å²) in [5.41, 5.74) is -6.37. The third-order valence-corrected chi connectivity index (χ3v) is 14.9. The highest BCUT2D eigenvalue weighted by atomic mass is 16.8. The number of carbonyl (C=O) groups is 6. The molecule has 5 aliphatic carbocycles. The molecule has 1 spiro atoms. The molecule has 0 amide bonds. The van der Waals surface area contributed by atoms with Crippen LogP contribution in [0.25, 0.3) is 0 Å². The van der Waals surface area contributed by atoms with E-state index in [1.54, 1.807) is 20.8 Å². The van der Waals surface area contributed by atoms with Crippen LogP contribution in [0.1, 0.15) is 61.8 Å². The fourth-order valence-corrected chi connectivity index (χ4v) is 13.1. The van der Waals surface area contributed by atoms with E-state index in [4.69, 9.17) is 33.2 Å². The van der Waals surface area contributed by atoms with E-state index in [1.165, 1.54) is 27.7 Å². The molecule has 274 valence electrons. The van der Waals surface area contributed by atoms with Gasteiger partial charge in [-0.2, -0.15) is 0 Å². The number of carbonyl (C=O) groups excluding carboxylic acids is 6. The predicted molar refractivity (Wildman–Crippen MR) is 161 cm³/mol. The van der Waals surface area contributed by atoms with E-state index in [0.717, 1.165) is 0 Å². The third kappa shape index (κ3) is 3.65. The van der Waals surface area contributed by atoms with Gasteiger partial charge in [0.15, 0.2) is 11.4 Å². The predicted octanol–water partition coefficient (Wildman–Crippen LogP) is 0.234. The standard InChI is InChI=1S/C35H44O15/c1-11-18-21(33(7)34(8,43)30(42)50-35(33)27(11)49-35)25(44-10-36)19-17-20(26(45-12(2)37)29(32(18,19)6)47-14(4)39)31(5)15(22(40)23(17)41)9-16-24(48-16)28(31)46-13(3)38/h10-11,15-21,23-29,41,43H,9H2,1-8H3/t11?,15-,16+,17+,18+,19-,20-,21+,23-,24+,25-,26+,27-,28+,29+,31+,32-,33+,34-,35+/m1/s1. The van der Waals surface area contributed by atoms with Crippen molar-refractivity contribution in [3.63, 3.8) is 0 Å². The first-order valence-corrected chi connectivity index (χ1v) is 17.4. The topological polar surface area (TPSA) is 214 Å². The van der Waals surface area contributed by atoms with E-state index in [-0.39, 0.29) is 12.9 Å². The molecule has 0 aromatic carbocycles. The Balaban J connectivity index is 1.41. The lowest BCUT2D eigenvalue weighted by molar-refractivity contribution is -0.273. The lowest BCUT2D eigenvalue weighted by Gasteiger charge is -2.65. The third-order valence-electron chi connectivity index (χ3n) is 14.9. The minimum Gasteiger partial charge on any atom is -0.464 e. The number of rotatable bonds is 5. The van der Waals surface area contributed by atoms with Gasteiger partial charge in [-0.05, 0) is 32.1 Å². The molecule has 0 aromatic heterocycles. The van der Waals surface area contributed by atoms with Crippen molar-refractivity contribution >= 4 is 36.1 Å². The quantitative estimate of drug-likeness (QED) is 0.170. The number of hydrogen-bond donors (Lipinski definition) is 2. The number of epoxide rings is 2. The maximum Gasteiger partial charge on any atom is 0.341 e. The first-order chi connectivity index (χ1) is 23.3. The minimum absolute atomic E-state index is 0.212. The Kier molecular flexibility index (Phi) is 6.82. The SMILES string of the molecule is CC(=O)O[C@H]1[C@H]2[C@H]([C@@H]3[C@@H](OC=O)[C@@H]4[C@H](C(C)[C@H]5O[C@]56OC(=O)[C@@](C)(O)[C@]46C)[C@@]3(C)[C@H]1OC(C)=O)[C@@H](O)C(=O)[C@H]1C[C@@H]3O[C@@H]3[C@H](OC(C)=O)[C@]21C. The van der Waals surface area contributed by atoms with Crippen molar-refractivity contribution in [1.29, 1.82) is 0 Å². The second kappa shape index (κ2) is 10.0. The summed E-state index contributed by atoms with van der Waals surface area (Å²) in [7, 11) is 0. The number of Topliss-reactive ketones (excluding diaryl/α,β-unsaturated/α-hetero) is 1. The number of aliphatic hydroxyl groups is 2. The molecule has 50 heavy (non-hydrogen) atoms. The Morgan fingerprint density at radius 2 is 1.46 bits per heavy atom. The summed E-state index contributed by atoms with van der Waals surface area (Å²) in [4.78, 5) is 79.2. The van der Waals surface area contributed by atoms with Crippen molar-refractivity contribution in [2.75, 3.05) is 0 Å². The van der Waals surface area contributed by atoms with E-state index in [2.05, 4.69) is 0 Å². The van der Waals surface area contributed by atoms with Crippen molar-refractivity contribution in [3.8, 4) is 0 Å². The van der Waals surface area contributed by atoms with Gasteiger partial charge >= 0.3 is 23.9 Å². The second-order valence-electron chi connectivity index (χ2n) is 16.7. The molecule has 0 radical (unpaired) electrons. The Morgan fingerprint density at radius 1 is 0.860 bits per heavy atom. The van der Waals surface area contributed by atoms with E-state index in [9.17, 15) is 39.0 Å². The highest BCUT2D eigenvalue weighted by molar-refractivity contribution is 5.88. The average Bonchev–Trinajstić information content (AvgIpc) is 3.92. The van der Waals surface area contributed by atoms with Gasteiger partial charge in [0, 0.05) is 61.2 Å². The first-order valence-electron chi connectivity index (χ1n) is 17.4. The van der Waals surface area contributed by atoms with Crippen LogP contribution < -0.4 is 0 Å². The molecule has 0 bridgehead atoms. The maximum absolute atomic E-state index is 14.5. The monoisotopic (exact) mass is 704 g/mol. The van der Waals surface area contributed by atoms with Crippen LogP contribution in [0.5, 0.6) is 0 Å². The van der Waals surface area contributed by atoms with Crippen LogP contribution in [0.2, 0.25) is 0 Å². The number of ketones is 1. The van der Waals surface area contributed by atoms with Crippen LogP contribution in [-0.2, 0) is 61.9 Å². The van der Waals surface area contributed by atoms with Crippen LogP contribution in [0.4, 0.5) is 0 Å². The molecule has 3 aliphatic heterocycles. The van der Waals surface area contributed by atoms with E-state index >= 15 is 0 Å². The first kappa shape index (κ1) is 34.0. The number of hydrogen-bond acceptors (Lipinski definition) is 15. The van der Waals surface area contributed by atoms with Gasteiger partial charge in [-0.25, -0.2) is 4.79 Å². The zero-order valence-corrected chi connectivity index (χ0v) is 29.1. The maximum atomic E-state index is 14.5. The summed E-state index contributed by atoms with van der Waals surface area (Å²) in [5.74, 6) is -11.2. The van der Waals surface area contributed by atoms with Gasteiger partial charge in [-0.3, -0.25) is 24.0 Å². The molecule has 8 rings (SSSR count). The van der Waals surface area contributed by atoms with Crippen molar-refractivity contribution in [3.05, 3.63) is 0 Å². The Bertz CT molecular complexity index is 1610. The van der Waals surface area contributed by atoms with Gasteiger partial charge < -0.3 is 43.4 Å². The lowest BCUT2D eigenvalue weighted by atomic mass is 9.41. The van der Waals surface area contributed by atoms with Gasteiger partial charge in [0.1, 0.15) is 42.7 Å². The van der Waals surface area contributed by atoms with Gasteiger partial charge in [-0.1, -0.05) is 20.8 Å². The Labute approximate surface area is 287 Å². The zero-order valence-electron chi connectivity index (χ0n) is 29.1. The fourth-order valence-electron chi connectivity index (χ4n) is 13.1. The summed E-state index contributed by atoms with van der Waals surface area (Å²) >= 11 is 0. The molecule has 15 heteroatoms. The Morgan fingerprint density at radius 3 is 2.06 bits per heavy atom. The molecule has 1 unspecified atom stereocenters. The molecular weight excluding hydrogens is 660 g/mol.